The topological polar surface area (TPSA) is 0 Å². The fourth-order valence-corrected chi connectivity index (χ4v) is 2.06. The van der Waals surface area contributed by atoms with Gasteiger partial charge in [-0.25, -0.2) is 0 Å². The van der Waals surface area contributed by atoms with Gasteiger partial charge < -0.3 is 0 Å². The lowest BCUT2D eigenvalue weighted by Crippen LogP contribution is -1.91. The van der Waals surface area contributed by atoms with E-state index in [4.69, 9.17) is 1.37 Å². The zero-order valence-electron chi connectivity index (χ0n) is 10.5. The van der Waals surface area contributed by atoms with Crippen LogP contribution in [0.25, 0.3) is 11.1 Å². The van der Waals surface area contributed by atoms with E-state index in [1.165, 1.54) is 0 Å². The van der Waals surface area contributed by atoms with Crippen LogP contribution in [0.5, 0.6) is 0 Å². The molecule has 16 heavy (non-hydrogen) atoms. The minimum Gasteiger partial charge on any atom is -0.0619 e. The van der Waals surface area contributed by atoms with Crippen LogP contribution < -0.4 is 0 Å². The van der Waals surface area contributed by atoms with Gasteiger partial charge in [-0.3, -0.25) is 0 Å². The first-order chi connectivity index (χ1) is 7.98. The fraction of sp³-hybridized carbons (Fsp3) is 0.200. The predicted molar refractivity (Wildman–Crippen MR) is 73.7 cm³/mol. The minimum absolute atomic E-state index is 0.580. The Morgan fingerprint density at radius 2 is 1.62 bits per heavy atom. The zero-order chi connectivity index (χ0) is 12.5. The Labute approximate surface area is 107 Å². The second-order valence-corrected chi connectivity index (χ2v) is 4.97. The Bertz CT molecular complexity index is 509. The summed E-state index contributed by atoms with van der Waals surface area (Å²) in [6.07, 6.45) is 0. The number of rotatable bonds is 2. The molecule has 0 radical (unpaired) electrons. The molecule has 0 unspecified atom stereocenters. The lowest BCUT2D eigenvalue weighted by atomic mass is 9.93. The van der Waals surface area contributed by atoms with Crippen molar-refractivity contribution < 1.29 is 1.37 Å². The first-order valence-electron chi connectivity index (χ1n) is 5.84. The molecule has 2 aromatic carbocycles. The summed E-state index contributed by atoms with van der Waals surface area (Å²) < 4.78 is 9.27. The van der Waals surface area contributed by atoms with Crippen molar-refractivity contribution in [3.8, 4) is 11.1 Å². The maximum atomic E-state index is 8.20. The third-order valence-electron chi connectivity index (χ3n) is 2.62. The highest BCUT2D eigenvalue weighted by Crippen LogP contribution is 2.29. The van der Waals surface area contributed by atoms with Gasteiger partial charge in [0.15, 0.2) is 0 Å². The van der Waals surface area contributed by atoms with Gasteiger partial charge in [0.1, 0.15) is 0 Å². The summed E-state index contributed by atoms with van der Waals surface area (Å²) in [5.74, 6) is -0.580. The Morgan fingerprint density at radius 1 is 1.00 bits per heavy atom. The smallest absolute Gasteiger partial charge is 0.0347 e. The molecule has 0 spiro atoms. The van der Waals surface area contributed by atoms with Crippen LogP contribution in [0.3, 0.4) is 0 Å². The van der Waals surface area contributed by atoms with Crippen molar-refractivity contribution in [1.82, 2.24) is 0 Å². The molecule has 0 aliphatic rings. The van der Waals surface area contributed by atoms with Crippen LogP contribution >= 0.6 is 15.9 Å². The monoisotopic (exact) mass is 275 g/mol. The molecule has 0 saturated heterocycles. The van der Waals surface area contributed by atoms with Crippen LogP contribution in [0.15, 0.2) is 53.0 Å². The molecule has 0 saturated carbocycles. The van der Waals surface area contributed by atoms with Crippen LogP contribution in [0.1, 0.15) is 26.7 Å². The van der Waals surface area contributed by atoms with E-state index < -0.39 is 5.89 Å². The molecule has 82 valence electrons. The molecule has 0 aliphatic carbocycles. The predicted octanol–water partition coefficient (Wildman–Crippen LogP) is 5.24. The average Bonchev–Trinajstić information content (AvgIpc) is 2.29. The average molecular weight is 276 g/mol. The summed E-state index contributed by atoms with van der Waals surface area (Å²) >= 11 is 3.44. The molecule has 0 N–H and O–H groups in total. The molecular formula is C15H15Br. The van der Waals surface area contributed by atoms with Gasteiger partial charge in [-0.05, 0) is 34.7 Å². The number of hydrogen-bond donors (Lipinski definition) is 0. The van der Waals surface area contributed by atoms with E-state index in [2.05, 4.69) is 34.1 Å². The zero-order valence-corrected chi connectivity index (χ0v) is 11.1. The second kappa shape index (κ2) is 4.84. The summed E-state index contributed by atoms with van der Waals surface area (Å²) in [7, 11) is 0. The second-order valence-electron chi connectivity index (χ2n) is 4.05. The molecule has 2 aromatic rings. The molecule has 0 amide bonds. The van der Waals surface area contributed by atoms with Gasteiger partial charge in [0, 0.05) is 5.84 Å². The number of hydrogen-bond acceptors (Lipinski definition) is 0. The third kappa shape index (κ3) is 2.35. The van der Waals surface area contributed by atoms with E-state index in [9.17, 15) is 0 Å². The normalized spacial score (nSPS) is 12.3. The highest BCUT2D eigenvalue weighted by molar-refractivity contribution is 9.10. The van der Waals surface area contributed by atoms with Gasteiger partial charge in [0.2, 0.25) is 0 Å². The summed E-state index contributed by atoms with van der Waals surface area (Å²) in [6.45, 7) is 3.84. The van der Waals surface area contributed by atoms with E-state index in [0.717, 1.165) is 21.2 Å². The molecule has 0 nitrogen and oxygen atoms in total. The van der Waals surface area contributed by atoms with Crippen LogP contribution in [0.4, 0.5) is 0 Å². The Balaban J connectivity index is 2.56. The molecule has 0 bridgehead atoms. The van der Waals surface area contributed by atoms with E-state index in [1.54, 1.807) is 0 Å². The van der Waals surface area contributed by atoms with Gasteiger partial charge >= 0.3 is 0 Å². The molecule has 0 aromatic heterocycles. The van der Waals surface area contributed by atoms with Crippen LogP contribution in [0, 0.1) is 0 Å². The van der Waals surface area contributed by atoms with Crippen molar-refractivity contribution in [1.29, 1.82) is 0 Å². The maximum Gasteiger partial charge on any atom is 0.0347 e. The quantitative estimate of drug-likeness (QED) is 0.703. The molecule has 2 rings (SSSR count). The summed E-state index contributed by atoms with van der Waals surface area (Å²) in [6, 6.07) is 16.3. The summed E-state index contributed by atoms with van der Waals surface area (Å²) in [4.78, 5) is 0. The van der Waals surface area contributed by atoms with Crippen molar-refractivity contribution >= 4 is 15.9 Å². The van der Waals surface area contributed by atoms with Crippen molar-refractivity contribution in [2.24, 2.45) is 0 Å². The lowest BCUT2D eigenvalue weighted by molar-refractivity contribution is 0.869. The van der Waals surface area contributed by atoms with Gasteiger partial charge in [0.05, 0.1) is 0 Å². The molecule has 1 heteroatoms. The fourth-order valence-electron chi connectivity index (χ4n) is 1.80. The molecule has 0 aliphatic heterocycles. The van der Waals surface area contributed by atoms with E-state index in [1.807, 2.05) is 44.2 Å². The van der Waals surface area contributed by atoms with Crippen molar-refractivity contribution in [2.75, 3.05) is 0 Å². The van der Waals surface area contributed by atoms with E-state index in [-0.39, 0.29) is 0 Å². The van der Waals surface area contributed by atoms with Crippen molar-refractivity contribution in [2.45, 2.75) is 19.7 Å². The number of benzene rings is 2. The molecule has 0 fully saturated rings. The summed E-state index contributed by atoms with van der Waals surface area (Å²) in [5.41, 5.74) is 3.35. The summed E-state index contributed by atoms with van der Waals surface area (Å²) in [5, 5.41) is 0. The molecular weight excluding hydrogens is 260 g/mol. The highest BCUT2D eigenvalue weighted by atomic mass is 79.9. The van der Waals surface area contributed by atoms with Crippen LogP contribution in [0.2, 0.25) is 0 Å². The van der Waals surface area contributed by atoms with E-state index >= 15 is 0 Å². The van der Waals surface area contributed by atoms with Gasteiger partial charge in [-0.2, -0.15) is 0 Å². The lowest BCUT2D eigenvalue weighted by Gasteiger charge is -2.12. The minimum atomic E-state index is -0.580. The van der Waals surface area contributed by atoms with Crippen molar-refractivity contribution in [3.63, 3.8) is 0 Å². The van der Waals surface area contributed by atoms with Crippen LogP contribution in [-0.2, 0) is 0 Å². The van der Waals surface area contributed by atoms with Gasteiger partial charge in [-0.15, -0.1) is 0 Å². The van der Waals surface area contributed by atoms with Crippen LogP contribution in [-0.4, -0.2) is 0 Å². The molecule has 0 atom stereocenters. The SMILES string of the molecule is [2H]C(C)(C)c1ccccc1-c1ccc(Br)cc1. The largest absolute Gasteiger partial charge is 0.0619 e. The Hall–Kier alpha value is -1.08. The van der Waals surface area contributed by atoms with Gasteiger partial charge in [0.25, 0.3) is 0 Å². The molecule has 0 heterocycles. The Morgan fingerprint density at radius 3 is 2.25 bits per heavy atom. The maximum absolute atomic E-state index is 8.20. The third-order valence-corrected chi connectivity index (χ3v) is 3.15. The number of halogens is 1. The van der Waals surface area contributed by atoms with E-state index in [0.29, 0.717) is 0 Å². The highest BCUT2D eigenvalue weighted by Gasteiger charge is 2.07. The Kier molecular flexibility index (Phi) is 3.05. The van der Waals surface area contributed by atoms with Crippen molar-refractivity contribution in [3.05, 3.63) is 58.6 Å². The standard InChI is InChI=1S/C15H15Br/c1-11(2)14-5-3-4-6-15(14)12-7-9-13(16)10-8-12/h3-11H,1-2H3/i11D. The first-order valence-corrected chi connectivity index (χ1v) is 6.13. The first kappa shape index (κ1) is 10.1. The van der Waals surface area contributed by atoms with Gasteiger partial charge in [-0.1, -0.05) is 66.2 Å².